The van der Waals surface area contributed by atoms with E-state index in [-0.39, 0.29) is 0 Å². The number of rotatable bonds is 1. The van der Waals surface area contributed by atoms with Crippen molar-refractivity contribution in [3.63, 3.8) is 0 Å². The molecule has 2 heterocycles. The number of thioether (sulfide) groups is 1. The second-order valence-corrected chi connectivity index (χ2v) is 4.41. The maximum absolute atomic E-state index is 5.32. The average Bonchev–Trinajstić information content (AvgIpc) is 2.55. The first-order chi connectivity index (χ1) is 5.38. The minimum absolute atomic E-state index is 0.347. The van der Waals surface area contributed by atoms with Crippen LogP contribution in [0.25, 0.3) is 0 Å². The molecule has 2 nitrogen and oxygen atoms in total. The van der Waals surface area contributed by atoms with E-state index in [1.807, 2.05) is 17.8 Å². The SMILES string of the molecule is Brc1ccoc1C1NCCS1. The molecule has 2 rings (SSSR count). The molecule has 1 saturated heterocycles. The highest BCUT2D eigenvalue weighted by atomic mass is 79.9. The van der Waals surface area contributed by atoms with Gasteiger partial charge in [0.15, 0.2) is 0 Å². The molecule has 0 aliphatic carbocycles. The molecule has 60 valence electrons. The summed E-state index contributed by atoms with van der Waals surface area (Å²) >= 11 is 5.31. The van der Waals surface area contributed by atoms with Gasteiger partial charge in [-0.25, -0.2) is 0 Å². The van der Waals surface area contributed by atoms with Crippen LogP contribution in [0, 0.1) is 0 Å². The first-order valence-electron chi connectivity index (χ1n) is 3.46. The van der Waals surface area contributed by atoms with Crippen LogP contribution in [-0.2, 0) is 0 Å². The van der Waals surface area contributed by atoms with Crippen LogP contribution in [0.3, 0.4) is 0 Å². The lowest BCUT2D eigenvalue weighted by Gasteiger charge is -2.05. The van der Waals surface area contributed by atoms with E-state index in [0.29, 0.717) is 5.37 Å². The van der Waals surface area contributed by atoms with Gasteiger partial charge < -0.3 is 4.42 Å². The zero-order valence-corrected chi connectivity index (χ0v) is 8.24. The summed E-state index contributed by atoms with van der Waals surface area (Å²) in [6.45, 7) is 1.07. The van der Waals surface area contributed by atoms with Crippen molar-refractivity contribution < 1.29 is 4.42 Å². The topological polar surface area (TPSA) is 25.2 Å². The van der Waals surface area contributed by atoms with Gasteiger partial charge in [-0.2, -0.15) is 0 Å². The highest BCUT2D eigenvalue weighted by Crippen LogP contribution is 2.34. The average molecular weight is 234 g/mol. The normalized spacial score (nSPS) is 24.3. The molecule has 11 heavy (non-hydrogen) atoms. The smallest absolute Gasteiger partial charge is 0.145 e. The van der Waals surface area contributed by atoms with Crippen LogP contribution < -0.4 is 5.32 Å². The number of nitrogens with one attached hydrogen (secondary N) is 1. The molecule has 0 radical (unpaired) electrons. The van der Waals surface area contributed by atoms with Crippen LogP contribution in [0.5, 0.6) is 0 Å². The molecule has 1 aromatic rings. The molecular formula is C7H8BrNOS. The van der Waals surface area contributed by atoms with Gasteiger partial charge in [0.1, 0.15) is 11.1 Å². The Labute approximate surface area is 77.9 Å². The summed E-state index contributed by atoms with van der Waals surface area (Å²) in [7, 11) is 0. The van der Waals surface area contributed by atoms with Gasteiger partial charge in [-0.3, -0.25) is 5.32 Å². The van der Waals surface area contributed by atoms with Crippen LogP contribution in [0.4, 0.5) is 0 Å². The predicted octanol–water partition coefficient (Wildman–Crippen LogP) is 2.38. The monoisotopic (exact) mass is 233 g/mol. The molecule has 1 aliphatic heterocycles. The summed E-state index contributed by atoms with van der Waals surface area (Å²) in [6, 6.07) is 1.93. The fraction of sp³-hybridized carbons (Fsp3) is 0.429. The molecule has 0 bridgehead atoms. The summed E-state index contributed by atoms with van der Waals surface area (Å²) in [6.07, 6.45) is 1.71. The first kappa shape index (κ1) is 7.71. The molecule has 1 unspecified atom stereocenters. The lowest BCUT2D eigenvalue weighted by atomic mass is 10.4. The van der Waals surface area contributed by atoms with Crippen LogP contribution in [-0.4, -0.2) is 12.3 Å². The van der Waals surface area contributed by atoms with Crippen molar-refractivity contribution in [2.75, 3.05) is 12.3 Å². The Kier molecular flexibility index (Phi) is 2.25. The number of furan rings is 1. The predicted molar refractivity (Wildman–Crippen MR) is 49.6 cm³/mol. The zero-order chi connectivity index (χ0) is 7.68. The Morgan fingerprint density at radius 3 is 3.18 bits per heavy atom. The van der Waals surface area contributed by atoms with E-state index in [9.17, 15) is 0 Å². The summed E-state index contributed by atoms with van der Waals surface area (Å²) in [4.78, 5) is 0. The standard InChI is InChI=1S/C7H8BrNOS/c8-5-1-3-10-6(5)7-9-2-4-11-7/h1,3,7,9H,2,4H2. The van der Waals surface area contributed by atoms with E-state index in [0.717, 1.165) is 22.5 Å². The van der Waals surface area contributed by atoms with Crippen LogP contribution in [0.15, 0.2) is 21.2 Å². The van der Waals surface area contributed by atoms with Gasteiger partial charge >= 0.3 is 0 Å². The third kappa shape index (κ3) is 1.48. The maximum Gasteiger partial charge on any atom is 0.145 e. The van der Waals surface area contributed by atoms with Crippen molar-refractivity contribution in [3.8, 4) is 0 Å². The van der Waals surface area contributed by atoms with E-state index in [1.54, 1.807) is 6.26 Å². The molecule has 1 aliphatic rings. The molecule has 1 aromatic heterocycles. The van der Waals surface area contributed by atoms with Gasteiger partial charge in [0.25, 0.3) is 0 Å². The van der Waals surface area contributed by atoms with Gasteiger partial charge in [0, 0.05) is 12.3 Å². The third-order valence-corrected chi connectivity index (χ3v) is 3.41. The van der Waals surface area contributed by atoms with Crippen LogP contribution in [0.2, 0.25) is 0 Å². The fourth-order valence-electron chi connectivity index (χ4n) is 1.09. The third-order valence-electron chi connectivity index (χ3n) is 1.60. The van der Waals surface area contributed by atoms with E-state index in [1.165, 1.54) is 0 Å². The minimum Gasteiger partial charge on any atom is -0.466 e. The Hall–Kier alpha value is 0.0700. The van der Waals surface area contributed by atoms with E-state index < -0.39 is 0 Å². The molecule has 4 heteroatoms. The first-order valence-corrected chi connectivity index (χ1v) is 5.30. The van der Waals surface area contributed by atoms with Crippen molar-refractivity contribution >= 4 is 27.7 Å². The number of halogens is 1. The van der Waals surface area contributed by atoms with Crippen LogP contribution in [0.1, 0.15) is 11.1 Å². The molecule has 1 atom stereocenters. The van der Waals surface area contributed by atoms with Crippen molar-refractivity contribution in [1.29, 1.82) is 0 Å². The summed E-state index contributed by atoms with van der Waals surface area (Å²) in [5.41, 5.74) is 0. The summed E-state index contributed by atoms with van der Waals surface area (Å²) in [5.74, 6) is 2.17. The van der Waals surface area contributed by atoms with Crippen molar-refractivity contribution in [1.82, 2.24) is 5.32 Å². The van der Waals surface area contributed by atoms with E-state index in [4.69, 9.17) is 4.42 Å². The quantitative estimate of drug-likeness (QED) is 0.807. The molecule has 0 aromatic carbocycles. The van der Waals surface area contributed by atoms with Crippen molar-refractivity contribution in [2.24, 2.45) is 0 Å². The maximum atomic E-state index is 5.32. The lowest BCUT2D eigenvalue weighted by Crippen LogP contribution is -2.11. The Balaban J connectivity index is 2.21. The van der Waals surface area contributed by atoms with Gasteiger partial charge in [0.2, 0.25) is 0 Å². The van der Waals surface area contributed by atoms with Gasteiger partial charge in [-0.05, 0) is 22.0 Å². The van der Waals surface area contributed by atoms with Gasteiger partial charge in [-0.1, -0.05) is 0 Å². The van der Waals surface area contributed by atoms with Gasteiger partial charge in [-0.15, -0.1) is 11.8 Å². The molecule has 0 spiro atoms. The Morgan fingerprint density at radius 2 is 2.64 bits per heavy atom. The van der Waals surface area contributed by atoms with Gasteiger partial charge in [0.05, 0.1) is 10.7 Å². The highest BCUT2D eigenvalue weighted by Gasteiger charge is 2.21. The zero-order valence-electron chi connectivity index (χ0n) is 5.84. The second kappa shape index (κ2) is 3.21. The summed E-state index contributed by atoms with van der Waals surface area (Å²) < 4.78 is 6.38. The van der Waals surface area contributed by atoms with Crippen molar-refractivity contribution in [3.05, 3.63) is 22.6 Å². The molecule has 0 saturated carbocycles. The molecule has 1 N–H and O–H groups in total. The molecule has 1 fully saturated rings. The minimum atomic E-state index is 0.347. The summed E-state index contributed by atoms with van der Waals surface area (Å²) in [5, 5.41) is 3.69. The number of hydrogen-bond acceptors (Lipinski definition) is 3. The lowest BCUT2D eigenvalue weighted by molar-refractivity contribution is 0.486. The Bertz CT molecular complexity index is 244. The van der Waals surface area contributed by atoms with Crippen LogP contribution >= 0.6 is 27.7 Å². The molecular weight excluding hydrogens is 226 g/mol. The Morgan fingerprint density at radius 1 is 1.73 bits per heavy atom. The van der Waals surface area contributed by atoms with E-state index >= 15 is 0 Å². The fourth-order valence-corrected chi connectivity index (χ4v) is 2.71. The highest BCUT2D eigenvalue weighted by molar-refractivity contribution is 9.10. The number of hydrogen-bond donors (Lipinski definition) is 1. The largest absolute Gasteiger partial charge is 0.466 e. The van der Waals surface area contributed by atoms with Crippen molar-refractivity contribution in [2.45, 2.75) is 5.37 Å². The molecule has 0 amide bonds. The second-order valence-electron chi connectivity index (χ2n) is 2.34. The van der Waals surface area contributed by atoms with E-state index in [2.05, 4.69) is 21.2 Å².